The number of hydrogen-bond donors (Lipinski definition) is 1. The van der Waals surface area contributed by atoms with Gasteiger partial charge in [-0.15, -0.1) is 0 Å². The fourth-order valence-corrected chi connectivity index (χ4v) is 1.42. The molecule has 14 heavy (non-hydrogen) atoms. The molecule has 0 aliphatic heterocycles. The van der Waals surface area contributed by atoms with Crippen LogP contribution >= 0.6 is 0 Å². The topological polar surface area (TPSA) is 46.0 Å². The molecule has 0 aliphatic rings. The van der Waals surface area contributed by atoms with Crippen LogP contribution in [-0.4, -0.2) is 15.1 Å². The van der Waals surface area contributed by atoms with Crippen LogP contribution in [0, 0.1) is 0 Å². The Kier molecular flexibility index (Phi) is 2.41. The fraction of sp³-hybridized carbons (Fsp3) is 0.273. The van der Waals surface area contributed by atoms with Crippen molar-refractivity contribution in [2.75, 3.05) is 0 Å². The Hall–Kier alpha value is -1.48. The van der Waals surface area contributed by atoms with Gasteiger partial charge < -0.3 is 5.11 Å². The first-order valence-electron chi connectivity index (χ1n) is 4.70. The van der Waals surface area contributed by atoms with Crippen LogP contribution in [0.25, 0.3) is 11.0 Å². The van der Waals surface area contributed by atoms with Gasteiger partial charge >= 0.3 is 0 Å². The predicted molar refractivity (Wildman–Crippen MR) is 54.8 cm³/mol. The van der Waals surface area contributed by atoms with E-state index in [9.17, 15) is 5.11 Å². The number of nitrogens with zero attached hydrogens (tertiary/aromatic N) is 2. The first-order valence-corrected chi connectivity index (χ1v) is 4.70. The highest BCUT2D eigenvalue weighted by atomic mass is 16.3. The summed E-state index contributed by atoms with van der Waals surface area (Å²) in [6, 6.07) is 5.66. The van der Waals surface area contributed by atoms with Crippen molar-refractivity contribution in [1.82, 2.24) is 9.97 Å². The third kappa shape index (κ3) is 1.59. The van der Waals surface area contributed by atoms with E-state index in [2.05, 4.69) is 9.97 Å². The van der Waals surface area contributed by atoms with Gasteiger partial charge in [-0.2, -0.15) is 0 Å². The van der Waals surface area contributed by atoms with Gasteiger partial charge in [0.25, 0.3) is 0 Å². The van der Waals surface area contributed by atoms with Crippen molar-refractivity contribution >= 4 is 11.0 Å². The number of hydrogen-bond acceptors (Lipinski definition) is 3. The molecule has 0 amide bonds. The lowest BCUT2D eigenvalue weighted by Gasteiger charge is -2.07. The summed E-state index contributed by atoms with van der Waals surface area (Å²) in [7, 11) is 0. The summed E-state index contributed by atoms with van der Waals surface area (Å²) in [6.07, 6.45) is 3.63. The number of fused-ring (bicyclic) bond motifs is 1. The van der Waals surface area contributed by atoms with Crippen molar-refractivity contribution in [3.05, 3.63) is 36.2 Å². The van der Waals surface area contributed by atoms with Gasteiger partial charge in [0.05, 0.1) is 17.1 Å². The summed E-state index contributed by atoms with van der Waals surface area (Å²) in [6.45, 7) is 1.95. The minimum absolute atomic E-state index is 0.401. The van der Waals surface area contributed by atoms with Crippen LogP contribution in [0.3, 0.4) is 0 Å². The molecule has 0 fully saturated rings. The molecule has 1 atom stereocenters. The molecular formula is C11H12N2O. The van der Waals surface area contributed by atoms with Crippen LogP contribution in [0.4, 0.5) is 0 Å². The van der Waals surface area contributed by atoms with Gasteiger partial charge in [0.15, 0.2) is 0 Å². The van der Waals surface area contributed by atoms with Crippen molar-refractivity contribution in [1.29, 1.82) is 0 Å². The molecule has 72 valence electrons. The second-order valence-electron chi connectivity index (χ2n) is 3.23. The molecule has 1 N–H and O–H groups in total. The summed E-state index contributed by atoms with van der Waals surface area (Å²) < 4.78 is 0. The van der Waals surface area contributed by atoms with E-state index in [1.165, 1.54) is 0 Å². The molecule has 0 saturated carbocycles. The summed E-state index contributed by atoms with van der Waals surface area (Å²) >= 11 is 0. The molecule has 2 aromatic rings. The van der Waals surface area contributed by atoms with E-state index >= 15 is 0 Å². The molecule has 2 rings (SSSR count). The summed E-state index contributed by atoms with van der Waals surface area (Å²) in [5.41, 5.74) is 2.59. The van der Waals surface area contributed by atoms with E-state index in [-0.39, 0.29) is 0 Å². The maximum atomic E-state index is 9.64. The molecule has 0 saturated heterocycles. The lowest BCUT2D eigenvalue weighted by Crippen LogP contribution is -1.95. The third-order valence-corrected chi connectivity index (χ3v) is 2.26. The Morgan fingerprint density at radius 3 is 2.64 bits per heavy atom. The number of aromatic nitrogens is 2. The SMILES string of the molecule is CCC(O)c1ccc2nccnc2c1. The van der Waals surface area contributed by atoms with Crippen molar-refractivity contribution in [3.8, 4) is 0 Å². The lowest BCUT2D eigenvalue weighted by molar-refractivity contribution is 0.174. The van der Waals surface area contributed by atoms with Crippen LogP contribution in [-0.2, 0) is 0 Å². The molecule has 0 spiro atoms. The van der Waals surface area contributed by atoms with Crippen LogP contribution in [0.5, 0.6) is 0 Å². The Morgan fingerprint density at radius 2 is 1.93 bits per heavy atom. The van der Waals surface area contributed by atoms with E-state index in [0.717, 1.165) is 16.6 Å². The minimum Gasteiger partial charge on any atom is -0.388 e. The van der Waals surface area contributed by atoms with Gasteiger partial charge in [-0.1, -0.05) is 13.0 Å². The van der Waals surface area contributed by atoms with Crippen molar-refractivity contribution in [3.63, 3.8) is 0 Å². The average molecular weight is 188 g/mol. The minimum atomic E-state index is -0.401. The largest absolute Gasteiger partial charge is 0.388 e. The first-order chi connectivity index (χ1) is 6.81. The van der Waals surface area contributed by atoms with Crippen molar-refractivity contribution < 1.29 is 5.11 Å². The van der Waals surface area contributed by atoms with E-state index in [1.807, 2.05) is 25.1 Å². The van der Waals surface area contributed by atoms with Crippen LogP contribution in [0.2, 0.25) is 0 Å². The number of benzene rings is 1. The predicted octanol–water partition coefficient (Wildman–Crippen LogP) is 2.07. The van der Waals surface area contributed by atoms with Crippen molar-refractivity contribution in [2.45, 2.75) is 19.4 Å². The second-order valence-corrected chi connectivity index (χ2v) is 3.23. The Bertz CT molecular complexity index is 442. The number of aliphatic hydroxyl groups is 1. The van der Waals surface area contributed by atoms with E-state index in [0.29, 0.717) is 6.42 Å². The smallest absolute Gasteiger partial charge is 0.0890 e. The van der Waals surface area contributed by atoms with E-state index in [4.69, 9.17) is 0 Å². The fourth-order valence-electron chi connectivity index (χ4n) is 1.42. The third-order valence-electron chi connectivity index (χ3n) is 2.26. The Labute approximate surface area is 82.4 Å². The molecule has 1 unspecified atom stereocenters. The van der Waals surface area contributed by atoms with Gasteiger partial charge in [0.1, 0.15) is 0 Å². The standard InChI is InChI=1S/C11H12N2O/c1-2-11(14)8-3-4-9-10(7-8)13-6-5-12-9/h3-7,11,14H,2H2,1H3. The van der Waals surface area contributed by atoms with Crippen LogP contribution in [0.15, 0.2) is 30.6 Å². The molecule has 3 nitrogen and oxygen atoms in total. The molecule has 0 radical (unpaired) electrons. The summed E-state index contributed by atoms with van der Waals surface area (Å²) in [5, 5.41) is 9.64. The molecule has 0 bridgehead atoms. The number of aliphatic hydroxyl groups excluding tert-OH is 1. The maximum Gasteiger partial charge on any atom is 0.0890 e. The summed E-state index contributed by atoms with van der Waals surface area (Å²) in [5.74, 6) is 0. The Balaban J connectivity index is 2.51. The maximum absolute atomic E-state index is 9.64. The van der Waals surface area contributed by atoms with Crippen molar-refractivity contribution in [2.24, 2.45) is 0 Å². The molecule has 1 aromatic heterocycles. The van der Waals surface area contributed by atoms with E-state index in [1.54, 1.807) is 12.4 Å². The zero-order valence-corrected chi connectivity index (χ0v) is 8.01. The van der Waals surface area contributed by atoms with Gasteiger partial charge in [-0.3, -0.25) is 9.97 Å². The molecule has 0 aliphatic carbocycles. The average Bonchev–Trinajstić information content (AvgIpc) is 2.27. The monoisotopic (exact) mass is 188 g/mol. The Morgan fingerprint density at radius 1 is 1.21 bits per heavy atom. The van der Waals surface area contributed by atoms with Crippen LogP contribution < -0.4 is 0 Å². The first kappa shape index (κ1) is 9.09. The quantitative estimate of drug-likeness (QED) is 0.784. The van der Waals surface area contributed by atoms with Gasteiger partial charge in [0.2, 0.25) is 0 Å². The number of rotatable bonds is 2. The molecular weight excluding hydrogens is 176 g/mol. The zero-order valence-electron chi connectivity index (χ0n) is 8.01. The molecule has 3 heteroatoms. The zero-order chi connectivity index (χ0) is 9.97. The van der Waals surface area contributed by atoms with Gasteiger partial charge in [0, 0.05) is 12.4 Å². The lowest BCUT2D eigenvalue weighted by atomic mass is 10.1. The normalized spacial score (nSPS) is 13.0. The molecule has 1 heterocycles. The highest BCUT2D eigenvalue weighted by Crippen LogP contribution is 2.19. The summed E-state index contributed by atoms with van der Waals surface area (Å²) in [4.78, 5) is 8.35. The van der Waals surface area contributed by atoms with E-state index < -0.39 is 6.10 Å². The van der Waals surface area contributed by atoms with Gasteiger partial charge in [-0.25, -0.2) is 0 Å². The van der Waals surface area contributed by atoms with Gasteiger partial charge in [-0.05, 0) is 24.1 Å². The highest BCUT2D eigenvalue weighted by Gasteiger charge is 2.05. The second kappa shape index (κ2) is 3.72. The highest BCUT2D eigenvalue weighted by molar-refractivity contribution is 5.74. The molecule has 1 aromatic carbocycles. The van der Waals surface area contributed by atoms with Crippen LogP contribution in [0.1, 0.15) is 25.0 Å².